The lowest BCUT2D eigenvalue weighted by Crippen LogP contribution is -2.49. The van der Waals surface area contributed by atoms with Gasteiger partial charge in [-0.2, -0.15) is 13.2 Å². The molecule has 0 unspecified atom stereocenters. The molecule has 37 heavy (non-hydrogen) atoms. The van der Waals surface area contributed by atoms with E-state index < -0.39 is 12.6 Å². The van der Waals surface area contributed by atoms with E-state index in [9.17, 15) is 22.0 Å². The predicted molar refractivity (Wildman–Crippen MR) is 144 cm³/mol. The maximum absolute atomic E-state index is 13.7. The summed E-state index contributed by atoms with van der Waals surface area (Å²) in [5, 5.41) is 3.94. The highest BCUT2D eigenvalue weighted by Gasteiger charge is 2.37. The summed E-state index contributed by atoms with van der Waals surface area (Å²) in [6, 6.07) is 8.09. The van der Waals surface area contributed by atoms with Crippen LogP contribution in [0.1, 0.15) is 24.8 Å². The van der Waals surface area contributed by atoms with Crippen molar-refractivity contribution in [3.8, 4) is 0 Å². The summed E-state index contributed by atoms with van der Waals surface area (Å²) in [4.78, 5) is 8.63. The van der Waals surface area contributed by atoms with Crippen molar-refractivity contribution in [3.05, 3.63) is 90.3 Å². The van der Waals surface area contributed by atoms with Crippen LogP contribution in [0.25, 0.3) is 0 Å². The molecular weight excluding hydrogens is 511 g/mol. The molecule has 0 atom stereocenters. The molecule has 1 fully saturated rings. The van der Waals surface area contributed by atoms with Crippen molar-refractivity contribution in [2.45, 2.75) is 38.8 Å². The molecule has 1 N–H and O–H groups in total. The summed E-state index contributed by atoms with van der Waals surface area (Å²) in [6.45, 7) is 13.5. The summed E-state index contributed by atoms with van der Waals surface area (Å²) in [5.41, 5.74) is 4.60. The van der Waals surface area contributed by atoms with Crippen LogP contribution in [0.3, 0.4) is 0 Å². The number of aryl methyl sites for hydroxylation is 1. The minimum absolute atomic E-state index is 0.171. The number of benzene rings is 1. The Morgan fingerprint density at radius 2 is 1.76 bits per heavy atom. The van der Waals surface area contributed by atoms with E-state index in [1.54, 1.807) is 12.2 Å². The molecular formula is C27H34ClF5N4. The van der Waals surface area contributed by atoms with Gasteiger partial charge in [-0.25, -0.2) is 13.8 Å². The smallest absolute Gasteiger partial charge is 0.379 e. The summed E-state index contributed by atoms with van der Waals surface area (Å²) in [6.07, 6.45) is 3.66. The first-order chi connectivity index (χ1) is 17.4. The number of nitrogens with one attached hydrogen (secondary N) is 1. The highest BCUT2D eigenvalue weighted by Crippen LogP contribution is 2.33. The zero-order valence-corrected chi connectivity index (χ0v) is 22.0. The fourth-order valence-electron chi connectivity index (χ4n) is 3.68. The molecule has 0 spiro atoms. The van der Waals surface area contributed by atoms with Gasteiger partial charge in [0.05, 0.1) is 5.70 Å². The number of guanidine groups is 1. The molecule has 204 valence electrons. The number of halogens is 6. The Labute approximate surface area is 221 Å². The second kappa shape index (κ2) is 15.2. The molecule has 2 aliphatic rings. The number of hydrogen-bond acceptors (Lipinski definition) is 4. The van der Waals surface area contributed by atoms with Gasteiger partial charge in [0.25, 0.3) is 5.92 Å². The number of alkyl halides is 5. The lowest BCUT2D eigenvalue weighted by atomic mass is 10.0. The van der Waals surface area contributed by atoms with Crippen LogP contribution in [-0.4, -0.2) is 55.0 Å². The van der Waals surface area contributed by atoms with Crippen LogP contribution in [-0.2, 0) is 0 Å². The van der Waals surface area contributed by atoms with E-state index in [1.807, 2.05) is 35.0 Å². The third-order valence-corrected chi connectivity index (χ3v) is 5.90. The van der Waals surface area contributed by atoms with E-state index in [2.05, 4.69) is 44.6 Å². The lowest BCUT2D eigenvalue weighted by Gasteiger charge is -2.40. The van der Waals surface area contributed by atoms with Crippen molar-refractivity contribution in [3.63, 3.8) is 0 Å². The lowest BCUT2D eigenvalue weighted by molar-refractivity contribution is -0.0447. The van der Waals surface area contributed by atoms with Crippen molar-refractivity contribution < 1.29 is 22.0 Å². The van der Waals surface area contributed by atoms with E-state index >= 15 is 0 Å². The molecule has 0 aromatic heterocycles. The molecule has 3 rings (SSSR count). The van der Waals surface area contributed by atoms with Crippen molar-refractivity contribution in [1.29, 1.82) is 0 Å². The SMILES string of the molecule is C=C.C=C/C(Cl)=C\C1=C(CCNc2ccccc2C)N=C(N2CCC(F)(F)CC2)N(C)C1=C.FC(F)F. The van der Waals surface area contributed by atoms with Crippen LogP contribution in [0, 0.1) is 6.92 Å². The van der Waals surface area contributed by atoms with E-state index in [0.717, 1.165) is 28.2 Å². The Bertz CT molecular complexity index is 1010. The number of aliphatic imine (C=N–C) groups is 1. The van der Waals surface area contributed by atoms with Crippen molar-refractivity contribution >= 4 is 23.2 Å². The molecule has 2 aliphatic heterocycles. The standard InChI is InChI=1S/C24H29ClF2N4.C2H4.CHF3/c1-5-19(25)16-20-18(3)30(4)23(31-14-11-24(26,27)12-15-31)29-22(20)10-13-28-21-9-7-6-8-17(21)2;1-2;2-1(3)4/h5-9,16,28H,1,3,10-15H2,2,4H3;1-2H2;1H/b19-16+;;. The number of piperidine rings is 1. The number of hydrogen-bond donors (Lipinski definition) is 1. The van der Waals surface area contributed by atoms with E-state index in [4.69, 9.17) is 16.6 Å². The van der Waals surface area contributed by atoms with Gasteiger partial charge in [0, 0.05) is 67.9 Å². The normalized spacial score (nSPS) is 17.4. The van der Waals surface area contributed by atoms with Crippen LogP contribution in [0.5, 0.6) is 0 Å². The highest BCUT2D eigenvalue weighted by molar-refractivity contribution is 6.31. The summed E-state index contributed by atoms with van der Waals surface area (Å²) < 4.78 is 56.3. The number of likely N-dealkylation sites (N-methyl/N-ethyl adjacent to an activating group) is 1. The minimum Gasteiger partial charge on any atom is -0.384 e. The van der Waals surface area contributed by atoms with Gasteiger partial charge in [0.15, 0.2) is 0 Å². The van der Waals surface area contributed by atoms with Gasteiger partial charge in [0.1, 0.15) is 0 Å². The average molecular weight is 545 g/mol. The van der Waals surface area contributed by atoms with Crippen molar-refractivity contribution in [2.75, 3.05) is 32.0 Å². The first-order valence-electron chi connectivity index (χ1n) is 11.5. The molecule has 0 bridgehead atoms. The molecule has 0 amide bonds. The number of allylic oxidation sites excluding steroid dienone is 3. The van der Waals surface area contributed by atoms with Crippen LogP contribution in [0.2, 0.25) is 0 Å². The molecule has 4 nitrogen and oxygen atoms in total. The molecule has 2 heterocycles. The van der Waals surface area contributed by atoms with Crippen molar-refractivity contribution in [2.24, 2.45) is 4.99 Å². The van der Waals surface area contributed by atoms with E-state index in [-0.39, 0.29) is 25.9 Å². The Kier molecular flexibility index (Phi) is 13.2. The average Bonchev–Trinajstić information content (AvgIpc) is 2.85. The van der Waals surface area contributed by atoms with Crippen LogP contribution < -0.4 is 5.32 Å². The second-order valence-electron chi connectivity index (χ2n) is 8.09. The minimum atomic E-state index is -3.67. The first-order valence-corrected chi connectivity index (χ1v) is 11.9. The van der Waals surface area contributed by atoms with Gasteiger partial charge in [0.2, 0.25) is 5.96 Å². The molecule has 1 saturated heterocycles. The Morgan fingerprint density at radius 1 is 1.19 bits per heavy atom. The molecule has 0 aliphatic carbocycles. The number of anilines is 1. The third kappa shape index (κ3) is 10.1. The molecule has 1 aromatic carbocycles. The number of nitrogens with zero attached hydrogens (tertiary/aromatic N) is 3. The highest BCUT2D eigenvalue weighted by atomic mass is 35.5. The van der Waals surface area contributed by atoms with Gasteiger partial charge >= 0.3 is 6.68 Å². The Hall–Kier alpha value is -3.07. The Balaban J connectivity index is 0.00000104. The Morgan fingerprint density at radius 3 is 2.30 bits per heavy atom. The van der Waals surface area contributed by atoms with E-state index in [1.165, 1.54) is 0 Å². The number of para-hydroxylation sites is 1. The summed E-state index contributed by atoms with van der Waals surface area (Å²) in [5.74, 6) is -1.96. The zero-order chi connectivity index (χ0) is 28.2. The quantitative estimate of drug-likeness (QED) is 0.224. The fourth-order valence-corrected chi connectivity index (χ4v) is 3.79. The van der Waals surface area contributed by atoms with Gasteiger partial charge in [-0.1, -0.05) is 49.0 Å². The molecule has 10 heteroatoms. The largest absolute Gasteiger partial charge is 0.384 e. The topological polar surface area (TPSA) is 30.9 Å². The van der Waals surface area contributed by atoms with Crippen LogP contribution in [0.4, 0.5) is 27.6 Å². The summed E-state index contributed by atoms with van der Waals surface area (Å²) >= 11 is 6.24. The first kappa shape index (κ1) is 32.0. The van der Waals surface area contributed by atoms with Gasteiger partial charge in [-0.15, -0.1) is 13.2 Å². The summed E-state index contributed by atoms with van der Waals surface area (Å²) in [7, 11) is 1.85. The van der Waals surface area contributed by atoms with Gasteiger partial charge in [-0.05, 0) is 24.6 Å². The van der Waals surface area contributed by atoms with Gasteiger partial charge in [-0.3, -0.25) is 0 Å². The number of likely N-dealkylation sites (tertiary alicyclic amines) is 1. The monoisotopic (exact) mass is 544 g/mol. The fraction of sp³-hybridized carbons (Fsp3) is 0.370. The molecule has 1 aromatic rings. The van der Waals surface area contributed by atoms with E-state index in [0.29, 0.717) is 24.0 Å². The zero-order valence-electron chi connectivity index (χ0n) is 21.2. The maximum Gasteiger partial charge on any atom is 0.379 e. The second-order valence-corrected chi connectivity index (χ2v) is 8.53. The van der Waals surface area contributed by atoms with Gasteiger partial charge < -0.3 is 15.1 Å². The molecule has 0 radical (unpaired) electrons. The molecule has 0 saturated carbocycles. The van der Waals surface area contributed by atoms with Crippen LogP contribution >= 0.6 is 11.6 Å². The van der Waals surface area contributed by atoms with Crippen LogP contribution in [0.15, 0.2) is 89.7 Å². The third-order valence-electron chi connectivity index (χ3n) is 5.64. The number of rotatable bonds is 6. The maximum atomic E-state index is 13.7. The van der Waals surface area contributed by atoms with Crippen molar-refractivity contribution in [1.82, 2.24) is 9.80 Å². The predicted octanol–water partition coefficient (Wildman–Crippen LogP) is 7.89.